The van der Waals surface area contributed by atoms with Crippen LogP contribution in [0.3, 0.4) is 0 Å². The number of likely N-dealkylation sites (N-methyl/N-ethyl adjacent to an activating group) is 2. The van der Waals surface area contributed by atoms with E-state index in [-0.39, 0.29) is 17.3 Å². The first-order valence-corrected chi connectivity index (χ1v) is 16.0. The summed E-state index contributed by atoms with van der Waals surface area (Å²) in [7, 11) is 1.54. The third-order valence-electron chi connectivity index (χ3n) is 7.35. The van der Waals surface area contributed by atoms with Gasteiger partial charge in [-0.1, -0.05) is 36.4 Å². The second-order valence-corrected chi connectivity index (χ2v) is 12.2. The van der Waals surface area contributed by atoms with Gasteiger partial charge in [0.1, 0.15) is 0 Å². The van der Waals surface area contributed by atoms with E-state index in [1.54, 1.807) is 30.1 Å². The van der Waals surface area contributed by atoms with E-state index in [4.69, 9.17) is 9.29 Å². The van der Waals surface area contributed by atoms with Crippen LogP contribution in [0.4, 0.5) is 17.1 Å². The molecule has 2 heterocycles. The molecule has 2 aliphatic heterocycles. The molecule has 0 saturated carbocycles. The fraction of sp³-hybridized carbons (Fsp3) is 0.281. The zero-order valence-corrected chi connectivity index (χ0v) is 26.9. The second kappa shape index (κ2) is 15.6. The first-order chi connectivity index (χ1) is 21.3. The Bertz CT molecular complexity index is 1680. The Morgan fingerprint density at radius 3 is 2.17 bits per heavy atom. The lowest BCUT2D eigenvalue weighted by Crippen LogP contribution is -2.48. The lowest BCUT2D eigenvalue weighted by molar-refractivity contribution is -0.119. The van der Waals surface area contributed by atoms with Gasteiger partial charge in [0, 0.05) is 50.2 Å². The first-order valence-electron chi connectivity index (χ1n) is 14.1. The van der Waals surface area contributed by atoms with Crippen LogP contribution < -0.4 is 15.5 Å². The van der Waals surface area contributed by atoms with Crippen LogP contribution in [0, 0.1) is 0 Å². The number of carbonyl (C=O) groups is 3. The van der Waals surface area contributed by atoms with Crippen molar-refractivity contribution in [1.82, 2.24) is 9.80 Å². The average Bonchev–Trinajstić information content (AvgIpc) is 3.34. The van der Waals surface area contributed by atoms with Crippen LogP contribution in [0.25, 0.3) is 11.3 Å². The standard InChI is InChI=1S/C31H33N5O4.CH4O3S.H2O/c1-34-15-17-36(18-16-34)20-27(37)35(2)24-12-10-23(11-13-24)32-29(21-7-5-4-6-8-21)28-25-14-9-22(31(39)40-3)19-26(25)33-30(28)38;1-5(2,3)4;/h4-14,19,32H,15-18,20H2,1-3H3,(H,33,38);1H3,(H,2,3,4);1H2. The monoisotopic (exact) mass is 653 g/mol. The third-order valence-corrected chi connectivity index (χ3v) is 7.35. The summed E-state index contributed by atoms with van der Waals surface area (Å²) >= 11 is 0. The Hall–Kier alpha value is -4.60. The van der Waals surface area contributed by atoms with Gasteiger partial charge in [-0.2, -0.15) is 8.42 Å². The summed E-state index contributed by atoms with van der Waals surface area (Å²) in [5.74, 6) is -0.694. The van der Waals surface area contributed by atoms with Crippen LogP contribution in [-0.2, 0) is 24.4 Å². The van der Waals surface area contributed by atoms with E-state index in [1.165, 1.54) is 7.11 Å². The minimum absolute atomic E-state index is 0. The Morgan fingerprint density at radius 1 is 0.978 bits per heavy atom. The lowest BCUT2D eigenvalue weighted by atomic mass is 9.99. The first kappa shape index (κ1) is 35.9. The molecule has 46 heavy (non-hydrogen) atoms. The molecule has 2 aliphatic rings. The molecule has 1 saturated heterocycles. The number of hydrogen-bond donors (Lipinski definition) is 3. The Labute approximate surface area is 268 Å². The zero-order chi connectivity index (χ0) is 32.7. The van der Waals surface area contributed by atoms with Crippen LogP contribution in [0.5, 0.6) is 0 Å². The highest BCUT2D eigenvalue weighted by molar-refractivity contribution is 7.85. The van der Waals surface area contributed by atoms with E-state index in [2.05, 4.69) is 27.5 Å². The Morgan fingerprint density at radius 2 is 1.59 bits per heavy atom. The molecule has 0 radical (unpaired) electrons. The van der Waals surface area contributed by atoms with Crippen molar-refractivity contribution in [2.24, 2.45) is 0 Å². The van der Waals surface area contributed by atoms with Crippen LogP contribution in [0.2, 0.25) is 0 Å². The molecular weight excluding hydrogens is 614 g/mol. The molecule has 0 spiro atoms. The van der Waals surface area contributed by atoms with Gasteiger partial charge in [0.05, 0.1) is 42.4 Å². The summed E-state index contributed by atoms with van der Waals surface area (Å²) in [5, 5.41) is 6.31. The average molecular weight is 654 g/mol. The van der Waals surface area contributed by atoms with E-state index in [0.29, 0.717) is 40.9 Å². The maximum Gasteiger partial charge on any atom is 0.337 e. The second-order valence-electron chi connectivity index (χ2n) is 10.8. The third kappa shape index (κ3) is 9.45. The smallest absolute Gasteiger partial charge is 0.337 e. The quantitative estimate of drug-likeness (QED) is 0.195. The van der Waals surface area contributed by atoms with E-state index in [0.717, 1.165) is 43.1 Å². The van der Waals surface area contributed by atoms with Crippen LogP contribution >= 0.6 is 0 Å². The highest BCUT2D eigenvalue weighted by Crippen LogP contribution is 2.38. The van der Waals surface area contributed by atoms with Gasteiger partial charge in [-0.3, -0.25) is 19.0 Å². The molecular formula is C32H39N5O8S. The number of methoxy groups -OCH3 is 1. The summed E-state index contributed by atoms with van der Waals surface area (Å²) in [6.07, 6.45) is 0.715. The highest BCUT2D eigenvalue weighted by atomic mass is 32.2. The van der Waals surface area contributed by atoms with Crippen molar-refractivity contribution >= 4 is 56.2 Å². The van der Waals surface area contributed by atoms with Crippen LogP contribution in [0.1, 0.15) is 21.5 Å². The van der Waals surface area contributed by atoms with Crippen molar-refractivity contribution < 1.29 is 37.6 Å². The van der Waals surface area contributed by atoms with E-state index >= 15 is 0 Å². The van der Waals surface area contributed by atoms with Gasteiger partial charge in [0.2, 0.25) is 5.91 Å². The molecule has 14 heteroatoms. The molecule has 3 aromatic carbocycles. The maximum absolute atomic E-state index is 13.2. The number of rotatable bonds is 7. The Kier molecular flexibility index (Phi) is 12.2. The minimum atomic E-state index is -3.67. The fourth-order valence-electron chi connectivity index (χ4n) is 4.91. The van der Waals surface area contributed by atoms with Gasteiger partial charge in [-0.15, -0.1) is 0 Å². The largest absolute Gasteiger partial charge is 0.465 e. The molecule has 0 aliphatic carbocycles. The SMILES string of the molecule is COC(=O)c1ccc2c(c1)NC(=O)C2=C(Nc1ccc(N(C)C(=O)CN2CCN(C)CC2)cc1)c1ccccc1.CS(=O)(=O)O.O. The molecule has 0 unspecified atom stereocenters. The van der Waals surface area contributed by atoms with Crippen molar-refractivity contribution in [2.75, 3.05) is 75.7 Å². The molecule has 5 N–H and O–H groups in total. The number of esters is 1. The van der Waals surface area contributed by atoms with Crippen molar-refractivity contribution in [2.45, 2.75) is 0 Å². The topological polar surface area (TPSA) is 180 Å². The number of ether oxygens (including phenoxy) is 1. The predicted molar refractivity (Wildman–Crippen MR) is 178 cm³/mol. The fourth-order valence-corrected chi connectivity index (χ4v) is 4.91. The van der Waals surface area contributed by atoms with Crippen molar-refractivity contribution in [1.29, 1.82) is 0 Å². The summed E-state index contributed by atoms with van der Waals surface area (Å²) in [4.78, 5) is 44.3. The highest BCUT2D eigenvalue weighted by Gasteiger charge is 2.29. The summed E-state index contributed by atoms with van der Waals surface area (Å²) in [5.41, 5.74) is 5.10. The van der Waals surface area contributed by atoms with Crippen molar-refractivity contribution in [3.63, 3.8) is 0 Å². The molecule has 2 amide bonds. The minimum Gasteiger partial charge on any atom is -0.465 e. The number of carbonyl (C=O) groups excluding carboxylic acids is 3. The van der Waals surface area contributed by atoms with Crippen LogP contribution in [0.15, 0.2) is 72.8 Å². The van der Waals surface area contributed by atoms with Crippen LogP contribution in [-0.4, -0.2) is 106 Å². The van der Waals surface area contributed by atoms with Gasteiger partial charge in [-0.25, -0.2) is 4.79 Å². The number of piperazine rings is 1. The number of amides is 2. The molecule has 0 atom stereocenters. The van der Waals surface area contributed by atoms with Crippen molar-refractivity contribution in [3.8, 4) is 0 Å². The number of benzene rings is 3. The molecule has 5 rings (SSSR count). The number of fused-ring (bicyclic) bond motifs is 1. The molecule has 0 aromatic heterocycles. The van der Waals surface area contributed by atoms with E-state index < -0.39 is 16.1 Å². The zero-order valence-electron chi connectivity index (χ0n) is 26.1. The van der Waals surface area contributed by atoms with Gasteiger partial charge < -0.3 is 30.6 Å². The summed E-state index contributed by atoms with van der Waals surface area (Å²) in [6.45, 7) is 4.09. The van der Waals surface area contributed by atoms with E-state index in [9.17, 15) is 22.8 Å². The van der Waals surface area contributed by atoms with Crippen molar-refractivity contribution in [3.05, 3.63) is 89.5 Å². The lowest BCUT2D eigenvalue weighted by Gasteiger charge is -2.32. The Balaban J connectivity index is 0.000000892. The van der Waals surface area contributed by atoms with Gasteiger partial charge in [-0.05, 0) is 49.0 Å². The number of anilines is 3. The number of hydrogen-bond acceptors (Lipinski definition) is 9. The summed E-state index contributed by atoms with van der Waals surface area (Å²) in [6, 6.07) is 22.2. The van der Waals surface area contributed by atoms with E-state index in [1.807, 2.05) is 54.6 Å². The molecule has 13 nitrogen and oxygen atoms in total. The normalized spacial score (nSPS) is 15.7. The van der Waals surface area contributed by atoms with Gasteiger partial charge >= 0.3 is 5.97 Å². The number of nitrogens with zero attached hydrogens (tertiary/aromatic N) is 3. The predicted octanol–water partition coefficient (Wildman–Crippen LogP) is 2.30. The van der Waals surface area contributed by atoms with Gasteiger partial charge in [0.15, 0.2) is 0 Å². The molecule has 1 fully saturated rings. The van der Waals surface area contributed by atoms with Gasteiger partial charge in [0.25, 0.3) is 16.0 Å². The summed E-state index contributed by atoms with van der Waals surface area (Å²) < 4.78 is 30.7. The molecule has 246 valence electrons. The number of nitrogens with one attached hydrogen (secondary N) is 2. The molecule has 3 aromatic rings. The molecule has 0 bridgehead atoms. The maximum atomic E-state index is 13.2.